The van der Waals surface area contributed by atoms with E-state index in [1.807, 2.05) is 0 Å². The number of hydrogen-bond donors (Lipinski definition) is 1. The molecule has 1 aliphatic rings. The summed E-state index contributed by atoms with van der Waals surface area (Å²) in [7, 11) is -4.93. The third kappa shape index (κ3) is 16.1. The van der Waals surface area contributed by atoms with Crippen molar-refractivity contribution in [3.05, 3.63) is 90.5 Å². The number of benzene rings is 3. The average molecular weight is 756 g/mol. The van der Waals surface area contributed by atoms with E-state index in [2.05, 4.69) is 101 Å². The van der Waals surface area contributed by atoms with Crippen molar-refractivity contribution in [2.75, 3.05) is 6.54 Å². The summed E-state index contributed by atoms with van der Waals surface area (Å²) in [5, 5.41) is 12.2. The van der Waals surface area contributed by atoms with E-state index in [-0.39, 0.29) is 32.3 Å². The van der Waals surface area contributed by atoms with E-state index in [1.165, 1.54) is 84.5 Å². The predicted molar refractivity (Wildman–Crippen MR) is 204 cm³/mol. The summed E-state index contributed by atoms with van der Waals surface area (Å²) in [5.74, 6) is 0.776. The Morgan fingerprint density at radius 1 is 0.740 bits per heavy atom. The Morgan fingerprint density at radius 3 is 1.68 bits per heavy atom. The Bertz CT molecular complexity index is 1320. The van der Waals surface area contributed by atoms with Gasteiger partial charge in [0.2, 0.25) is 0 Å². The van der Waals surface area contributed by atoms with Crippen molar-refractivity contribution in [2.45, 2.75) is 143 Å². The number of halogens is 2. The minimum Gasteiger partial charge on any atom is -0.691 e. The first-order valence-electron chi connectivity index (χ1n) is 17.2. The van der Waals surface area contributed by atoms with Crippen LogP contribution in [0.25, 0.3) is 0 Å². The summed E-state index contributed by atoms with van der Waals surface area (Å²) in [6.07, 6.45) is 17.6. The molecule has 0 radical (unpaired) electrons. The molecular weight excluding hydrogens is 697 g/mol. The maximum Gasteiger partial charge on any atom is 0.433 e. The van der Waals surface area contributed by atoms with Crippen LogP contribution < -0.4 is 9.98 Å². The minimum atomic E-state index is -4.91. The quantitative estimate of drug-likeness (QED) is 0.0406. The predicted octanol–water partition coefficient (Wildman–Crippen LogP) is 11.4. The van der Waals surface area contributed by atoms with E-state index < -0.39 is 26.7 Å². The number of alkyl halides is 2. The lowest BCUT2D eigenvalue weighted by molar-refractivity contribution is -0.777. The molecule has 1 aliphatic carbocycles. The zero-order chi connectivity index (χ0) is 34.5. The molecule has 11 heteroatoms. The standard InChI is InChI=1S/C24H25S.C13H27F2NO5S2.2CH4/c1-4-10-20(11-5-1)21-16-18-24(19-17-21)25(22-12-6-2-7-13-22)23-14-8-3-9-15-23;1-2-3-4-5-6-7-8-9-10-11-12-16-23(18,19)13(14,15)22-21-20-17;;/h2-3,6-9,12-20H,1,4-5,10-11H2;16-17H,2-12H2,1H3;2*1H4/q+1;;;/p-1. The molecule has 0 amide bonds. The van der Waals surface area contributed by atoms with E-state index in [0.717, 1.165) is 31.6 Å². The second-order valence-electron chi connectivity index (χ2n) is 12.1. The fourth-order valence-electron chi connectivity index (χ4n) is 5.83. The topological polar surface area (TPSA) is 87.7 Å². The van der Waals surface area contributed by atoms with Crippen molar-refractivity contribution in [3.8, 4) is 0 Å². The summed E-state index contributed by atoms with van der Waals surface area (Å²) in [6, 6.07) is 31.3. The highest BCUT2D eigenvalue weighted by atomic mass is 32.3. The van der Waals surface area contributed by atoms with Crippen LogP contribution in [0.15, 0.2) is 99.6 Å². The molecule has 0 atom stereocenters. The molecular formula is C39H59F2NO5S3. The van der Waals surface area contributed by atoms with Gasteiger partial charge in [-0.3, -0.25) is 5.04 Å². The number of sulfonamides is 1. The maximum atomic E-state index is 13.2. The molecule has 0 bridgehead atoms. The minimum absolute atomic E-state index is 0. The molecule has 0 aromatic heterocycles. The molecule has 1 fully saturated rings. The lowest BCUT2D eigenvalue weighted by Gasteiger charge is -2.22. The zero-order valence-electron chi connectivity index (χ0n) is 28.0. The molecule has 3 aromatic rings. The highest BCUT2D eigenvalue weighted by Crippen LogP contribution is 2.36. The van der Waals surface area contributed by atoms with Gasteiger partial charge in [0, 0.05) is 6.54 Å². The molecule has 4 rings (SSSR count). The molecule has 1 saturated carbocycles. The van der Waals surface area contributed by atoms with Crippen LogP contribution in [0.4, 0.5) is 8.78 Å². The van der Waals surface area contributed by atoms with E-state index in [9.17, 15) is 22.5 Å². The lowest BCUT2D eigenvalue weighted by Crippen LogP contribution is -2.38. The molecule has 0 aliphatic heterocycles. The van der Waals surface area contributed by atoms with Crippen LogP contribution in [-0.2, 0) is 30.3 Å². The lowest BCUT2D eigenvalue weighted by atomic mass is 9.84. The van der Waals surface area contributed by atoms with Gasteiger partial charge in [-0.1, -0.05) is 147 Å². The maximum absolute atomic E-state index is 13.2. The molecule has 0 heterocycles. The normalized spacial score (nSPS) is 13.5. The van der Waals surface area contributed by atoms with Gasteiger partial charge in [-0.05, 0) is 67.1 Å². The van der Waals surface area contributed by atoms with Crippen LogP contribution in [0, 0.1) is 0 Å². The molecule has 3 aromatic carbocycles. The van der Waals surface area contributed by atoms with E-state index in [0.29, 0.717) is 6.42 Å². The first kappa shape index (κ1) is 46.0. The average Bonchev–Trinajstić information content (AvgIpc) is 3.11. The van der Waals surface area contributed by atoms with E-state index in [4.69, 9.17) is 0 Å². The van der Waals surface area contributed by atoms with Crippen LogP contribution in [0.3, 0.4) is 0 Å². The van der Waals surface area contributed by atoms with Gasteiger partial charge in [0.05, 0.1) is 10.9 Å². The smallest absolute Gasteiger partial charge is 0.433 e. The SMILES string of the molecule is C.C.CCCCCCCCCCCCNS(=O)(=O)C(F)(F)SOO[O-].c1ccc([S+](c2ccccc2)c2ccc(C3CCCCC3)cc2)cc1. The van der Waals surface area contributed by atoms with Gasteiger partial charge in [-0.2, -0.15) is 13.1 Å². The molecule has 0 saturated heterocycles. The van der Waals surface area contributed by atoms with E-state index in [1.54, 1.807) is 4.72 Å². The number of hydrogen-bond acceptors (Lipinski definition) is 6. The molecule has 1 N–H and O–H groups in total. The largest absolute Gasteiger partial charge is 0.691 e. The van der Waals surface area contributed by atoms with Crippen molar-refractivity contribution in [3.63, 3.8) is 0 Å². The van der Waals surface area contributed by atoms with Crippen molar-refractivity contribution in [2.24, 2.45) is 0 Å². The highest BCUT2D eigenvalue weighted by molar-refractivity contribution is 8.10. The van der Waals surface area contributed by atoms with Gasteiger partial charge >= 0.3 is 4.59 Å². The Labute approximate surface area is 308 Å². The second-order valence-corrected chi connectivity index (χ2v) is 17.0. The van der Waals surface area contributed by atoms with Crippen molar-refractivity contribution in [1.82, 2.24) is 4.72 Å². The second kappa shape index (κ2) is 25.9. The summed E-state index contributed by atoms with van der Waals surface area (Å²) < 4.78 is 49.8. The Kier molecular flexibility index (Phi) is 23.8. The van der Waals surface area contributed by atoms with E-state index >= 15 is 0 Å². The van der Waals surface area contributed by atoms with Crippen molar-refractivity contribution >= 4 is 33.0 Å². The van der Waals surface area contributed by atoms with Crippen LogP contribution in [-0.4, -0.2) is 19.5 Å². The summed E-state index contributed by atoms with van der Waals surface area (Å²) in [6.45, 7) is 2.10. The summed E-state index contributed by atoms with van der Waals surface area (Å²) in [5.41, 5.74) is 1.54. The first-order valence-corrected chi connectivity index (χ1v) is 20.7. The van der Waals surface area contributed by atoms with Gasteiger partial charge in [0.15, 0.2) is 14.7 Å². The van der Waals surface area contributed by atoms with Crippen LogP contribution >= 0.6 is 12.0 Å². The van der Waals surface area contributed by atoms with Gasteiger partial charge < -0.3 is 5.26 Å². The van der Waals surface area contributed by atoms with Gasteiger partial charge in [-0.15, -0.1) is 0 Å². The highest BCUT2D eigenvalue weighted by Gasteiger charge is 2.47. The van der Waals surface area contributed by atoms with Crippen molar-refractivity contribution < 1.29 is 31.8 Å². The summed E-state index contributed by atoms with van der Waals surface area (Å²) >= 11 is -0.850. The molecule has 282 valence electrons. The van der Waals surface area contributed by atoms with Crippen LogP contribution in [0.5, 0.6) is 0 Å². The number of unbranched alkanes of at least 4 members (excludes halogenated alkanes) is 9. The Morgan fingerprint density at radius 2 is 1.20 bits per heavy atom. The van der Waals surface area contributed by atoms with Gasteiger partial charge in [-0.25, -0.2) is 13.1 Å². The fraction of sp³-hybridized carbons (Fsp3) is 0.538. The number of nitrogens with one attached hydrogen (secondary N) is 1. The van der Waals surface area contributed by atoms with Gasteiger partial charge in [0.1, 0.15) is 12.0 Å². The Hall–Kier alpha value is -1.99. The zero-order valence-corrected chi connectivity index (χ0v) is 30.4. The number of rotatable bonds is 20. The molecule has 0 unspecified atom stereocenters. The van der Waals surface area contributed by atoms with Crippen LogP contribution in [0.1, 0.15) is 130 Å². The Balaban J connectivity index is 0.000000484. The molecule has 6 nitrogen and oxygen atoms in total. The first-order chi connectivity index (χ1) is 23.3. The van der Waals surface area contributed by atoms with Crippen LogP contribution in [0.2, 0.25) is 0 Å². The molecule has 0 spiro atoms. The van der Waals surface area contributed by atoms with Gasteiger partial charge in [0.25, 0.3) is 10.0 Å². The fourth-order valence-corrected chi connectivity index (χ4v) is 9.22. The third-order valence-corrected chi connectivity index (χ3v) is 13.1. The summed E-state index contributed by atoms with van der Waals surface area (Å²) in [4.78, 5) is 4.19. The third-order valence-electron chi connectivity index (χ3n) is 8.44. The molecule has 50 heavy (non-hydrogen) atoms. The van der Waals surface area contributed by atoms with Crippen molar-refractivity contribution in [1.29, 1.82) is 0 Å². The monoisotopic (exact) mass is 755 g/mol.